The summed E-state index contributed by atoms with van der Waals surface area (Å²) in [4.78, 5) is 25.4. The van der Waals surface area contributed by atoms with Gasteiger partial charge < -0.3 is 10.0 Å². The second kappa shape index (κ2) is 6.70. The quantitative estimate of drug-likeness (QED) is 0.928. The Labute approximate surface area is 123 Å². The number of likely N-dealkylation sites (tertiary alicyclic amines) is 1. The van der Waals surface area contributed by atoms with Crippen molar-refractivity contribution >= 4 is 11.9 Å². The van der Waals surface area contributed by atoms with E-state index in [-0.39, 0.29) is 24.2 Å². The van der Waals surface area contributed by atoms with Gasteiger partial charge in [0.05, 0.1) is 11.8 Å². The van der Waals surface area contributed by atoms with Crippen LogP contribution in [0.3, 0.4) is 0 Å². The van der Waals surface area contributed by atoms with Crippen LogP contribution >= 0.6 is 0 Å². The molecule has 2 atom stereocenters. The van der Waals surface area contributed by atoms with E-state index in [9.17, 15) is 14.0 Å². The van der Waals surface area contributed by atoms with Crippen molar-refractivity contribution in [1.29, 1.82) is 0 Å². The molecular weight excluding hydrogens is 273 g/mol. The number of halogens is 1. The number of amides is 1. The molecule has 0 bridgehead atoms. The molecule has 0 saturated carbocycles. The van der Waals surface area contributed by atoms with Crippen LogP contribution in [0.2, 0.25) is 0 Å². The van der Waals surface area contributed by atoms with Crippen LogP contribution in [0.4, 0.5) is 4.39 Å². The lowest BCUT2D eigenvalue weighted by molar-refractivity contribution is -0.146. The van der Waals surface area contributed by atoms with Crippen molar-refractivity contribution in [2.24, 2.45) is 5.92 Å². The highest BCUT2D eigenvalue weighted by Gasteiger charge is 2.31. The van der Waals surface area contributed by atoms with Gasteiger partial charge in [-0.05, 0) is 37.0 Å². The zero-order valence-electron chi connectivity index (χ0n) is 12.1. The van der Waals surface area contributed by atoms with Crippen molar-refractivity contribution in [2.75, 3.05) is 13.1 Å². The number of carboxylic acid groups (broad SMARTS) is 1. The molecule has 0 radical (unpaired) electrons. The number of nitrogens with zero attached hydrogens (tertiary/aromatic N) is 1. The maximum absolute atomic E-state index is 13.0. The van der Waals surface area contributed by atoms with Gasteiger partial charge in [0.2, 0.25) is 5.91 Å². The second-order valence-electron chi connectivity index (χ2n) is 5.47. The molecule has 1 aromatic carbocycles. The highest BCUT2D eigenvalue weighted by molar-refractivity contribution is 5.84. The van der Waals surface area contributed by atoms with Crippen LogP contribution in [-0.2, 0) is 9.59 Å². The van der Waals surface area contributed by atoms with E-state index < -0.39 is 11.9 Å². The molecule has 21 heavy (non-hydrogen) atoms. The summed E-state index contributed by atoms with van der Waals surface area (Å²) in [6.07, 6.45) is 1.94. The molecular formula is C16H20FNO3. The Kier molecular flexibility index (Phi) is 4.94. The van der Waals surface area contributed by atoms with E-state index in [2.05, 4.69) is 0 Å². The zero-order chi connectivity index (χ0) is 15.4. The molecule has 1 fully saturated rings. The van der Waals surface area contributed by atoms with E-state index in [0.29, 0.717) is 25.8 Å². The predicted molar refractivity (Wildman–Crippen MR) is 76.4 cm³/mol. The van der Waals surface area contributed by atoms with Crippen LogP contribution in [0.25, 0.3) is 0 Å². The van der Waals surface area contributed by atoms with Gasteiger partial charge in [0.15, 0.2) is 0 Å². The van der Waals surface area contributed by atoms with Crippen LogP contribution in [0.15, 0.2) is 24.3 Å². The predicted octanol–water partition coefficient (Wildman–Crippen LogP) is 2.64. The first-order chi connectivity index (χ1) is 10.0. The van der Waals surface area contributed by atoms with Gasteiger partial charge in [-0.25, -0.2) is 4.39 Å². The minimum atomic E-state index is -0.845. The molecule has 1 N–H and O–H groups in total. The average Bonchev–Trinajstić information content (AvgIpc) is 2.50. The summed E-state index contributed by atoms with van der Waals surface area (Å²) in [5.74, 6) is -2.05. The van der Waals surface area contributed by atoms with Gasteiger partial charge >= 0.3 is 5.97 Å². The molecule has 0 aromatic heterocycles. The van der Waals surface area contributed by atoms with Crippen LogP contribution in [0.1, 0.15) is 37.7 Å². The van der Waals surface area contributed by atoms with Crippen LogP contribution < -0.4 is 0 Å². The number of hydrogen-bond acceptors (Lipinski definition) is 2. The molecule has 1 aliphatic heterocycles. The molecule has 1 amide bonds. The summed E-state index contributed by atoms with van der Waals surface area (Å²) in [6.45, 7) is 2.77. The summed E-state index contributed by atoms with van der Waals surface area (Å²) < 4.78 is 13.0. The molecule has 0 aliphatic carbocycles. The minimum absolute atomic E-state index is 0.0601. The number of carbonyl (C=O) groups is 2. The fourth-order valence-corrected chi connectivity index (χ4v) is 2.85. The number of carboxylic acids is 1. The van der Waals surface area contributed by atoms with Crippen molar-refractivity contribution in [3.05, 3.63) is 35.6 Å². The smallest absolute Gasteiger partial charge is 0.308 e. The highest BCUT2D eigenvalue weighted by Crippen LogP contribution is 2.26. The Morgan fingerprint density at radius 2 is 2.05 bits per heavy atom. The van der Waals surface area contributed by atoms with Gasteiger partial charge in [-0.1, -0.05) is 19.1 Å². The van der Waals surface area contributed by atoms with Crippen molar-refractivity contribution in [2.45, 2.75) is 32.1 Å². The SMILES string of the molecule is CCC(C(=O)N1CCC[C@H](C(=O)O)C1)c1ccc(F)cc1. The topological polar surface area (TPSA) is 57.6 Å². The van der Waals surface area contributed by atoms with E-state index in [1.165, 1.54) is 12.1 Å². The fourth-order valence-electron chi connectivity index (χ4n) is 2.85. The summed E-state index contributed by atoms with van der Waals surface area (Å²) in [7, 11) is 0. The Morgan fingerprint density at radius 3 is 2.62 bits per heavy atom. The van der Waals surface area contributed by atoms with E-state index in [1.54, 1.807) is 17.0 Å². The van der Waals surface area contributed by atoms with Crippen LogP contribution in [0, 0.1) is 11.7 Å². The van der Waals surface area contributed by atoms with Gasteiger partial charge in [-0.15, -0.1) is 0 Å². The Hall–Kier alpha value is -1.91. The van der Waals surface area contributed by atoms with E-state index in [4.69, 9.17) is 5.11 Å². The molecule has 1 aliphatic rings. The largest absolute Gasteiger partial charge is 0.481 e. The molecule has 5 heteroatoms. The van der Waals surface area contributed by atoms with Gasteiger partial charge in [-0.3, -0.25) is 9.59 Å². The van der Waals surface area contributed by atoms with Crippen molar-refractivity contribution in [1.82, 2.24) is 4.90 Å². The Bertz CT molecular complexity index is 515. The molecule has 0 spiro atoms. The third kappa shape index (κ3) is 3.60. The van der Waals surface area contributed by atoms with Crippen molar-refractivity contribution < 1.29 is 19.1 Å². The Balaban J connectivity index is 2.12. The van der Waals surface area contributed by atoms with Crippen LogP contribution in [-0.4, -0.2) is 35.0 Å². The summed E-state index contributed by atoms with van der Waals surface area (Å²) in [6, 6.07) is 5.95. The molecule has 1 saturated heterocycles. The first kappa shape index (κ1) is 15.5. The first-order valence-corrected chi connectivity index (χ1v) is 7.30. The highest BCUT2D eigenvalue weighted by atomic mass is 19.1. The molecule has 4 nitrogen and oxygen atoms in total. The molecule has 1 heterocycles. The minimum Gasteiger partial charge on any atom is -0.481 e. The van der Waals surface area contributed by atoms with Gasteiger partial charge in [0, 0.05) is 13.1 Å². The van der Waals surface area contributed by atoms with Crippen LogP contribution in [0.5, 0.6) is 0 Å². The average molecular weight is 293 g/mol. The third-order valence-electron chi connectivity index (χ3n) is 4.06. The number of carbonyl (C=O) groups excluding carboxylic acids is 1. The standard InChI is InChI=1S/C16H20FNO3/c1-2-14(11-5-7-13(17)8-6-11)15(19)18-9-3-4-12(10-18)16(20)21/h5-8,12,14H,2-4,9-10H2,1H3,(H,20,21)/t12-,14?/m0/s1. The maximum Gasteiger partial charge on any atom is 0.308 e. The molecule has 1 unspecified atom stereocenters. The first-order valence-electron chi connectivity index (χ1n) is 7.30. The van der Waals surface area contributed by atoms with Crippen molar-refractivity contribution in [3.8, 4) is 0 Å². The summed E-state index contributed by atoms with van der Waals surface area (Å²) in [5.41, 5.74) is 0.779. The number of benzene rings is 1. The lowest BCUT2D eigenvalue weighted by Crippen LogP contribution is -2.44. The van der Waals surface area contributed by atoms with E-state index >= 15 is 0 Å². The van der Waals surface area contributed by atoms with E-state index in [0.717, 1.165) is 5.56 Å². The number of rotatable bonds is 4. The second-order valence-corrected chi connectivity index (χ2v) is 5.47. The Morgan fingerprint density at radius 1 is 1.38 bits per heavy atom. The number of aliphatic carboxylic acids is 1. The van der Waals surface area contributed by atoms with Gasteiger partial charge in [0.1, 0.15) is 5.82 Å². The van der Waals surface area contributed by atoms with Crippen molar-refractivity contribution in [3.63, 3.8) is 0 Å². The third-order valence-corrected chi connectivity index (χ3v) is 4.06. The number of piperidine rings is 1. The molecule has 114 valence electrons. The maximum atomic E-state index is 13.0. The normalized spacial score (nSPS) is 20.1. The van der Waals surface area contributed by atoms with Gasteiger partial charge in [0.25, 0.3) is 0 Å². The van der Waals surface area contributed by atoms with Gasteiger partial charge in [-0.2, -0.15) is 0 Å². The fraction of sp³-hybridized carbons (Fsp3) is 0.500. The summed E-state index contributed by atoms with van der Waals surface area (Å²) >= 11 is 0. The molecule has 1 aromatic rings. The summed E-state index contributed by atoms with van der Waals surface area (Å²) in [5, 5.41) is 9.10. The van der Waals surface area contributed by atoms with E-state index in [1.807, 2.05) is 6.92 Å². The lowest BCUT2D eigenvalue weighted by atomic mass is 9.92. The zero-order valence-corrected chi connectivity index (χ0v) is 12.1. The monoisotopic (exact) mass is 293 g/mol. The molecule has 2 rings (SSSR count). The lowest BCUT2D eigenvalue weighted by Gasteiger charge is -2.33. The number of hydrogen-bond donors (Lipinski definition) is 1.